The fourth-order valence-corrected chi connectivity index (χ4v) is 4.76. The second-order valence-electron chi connectivity index (χ2n) is 3.29. The molecule has 2 heterocycles. The predicted octanol–water partition coefficient (Wildman–Crippen LogP) is 1.29. The van der Waals surface area contributed by atoms with E-state index in [9.17, 15) is 0 Å². The van der Waals surface area contributed by atoms with Crippen molar-refractivity contribution >= 4 is 30.0 Å². The van der Waals surface area contributed by atoms with Crippen LogP contribution in [0.1, 0.15) is 12.7 Å². The second kappa shape index (κ2) is 3.29. The van der Waals surface area contributed by atoms with Crippen LogP contribution in [0.5, 0.6) is 0 Å². The zero-order valence-corrected chi connectivity index (χ0v) is 10.2. The average Bonchev–Trinajstić information content (AvgIpc) is 2.24. The van der Waals surface area contributed by atoms with Crippen molar-refractivity contribution < 1.29 is 0 Å². The number of aromatic amines is 1. The van der Waals surface area contributed by atoms with Crippen LogP contribution in [-0.4, -0.2) is 14.9 Å². The first kappa shape index (κ1) is 8.99. The van der Waals surface area contributed by atoms with Crippen LogP contribution in [0.2, 0.25) is 0 Å². The summed E-state index contributed by atoms with van der Waals surface area (Å²) >= 11 is -0.988. The van der Waals surface area contributed by atoms with Crippen LogP contribution in [0, 0.1) is 6.92 Å². The molecule has 13 heavy (non-hydrogen) atoms. The van der Waals surface area contributed by atoms with Gasteiger partial charge in [-0.15, -0.1) is 0 Å². The fraction of sp³-hybridized carbons (Fsp3) is 0.300. The van der Waals surface area contributed by atoms with Crippen molar-refractivity contribution in [2.75, 3.05) is 4.93 Å². The Balaban J connectivity index is 2.75. The first-order chi connectivity index (χ1) is 6.15. The monoisotopic (exact) mass is 288 g/mol. The Kier molecular flexibility index (Phi) is 2.27. The van der Waals surface area contributed by atoms with Gasteiger partial charge in [0.15, 0.2) is 0 Å². The van der Waals surface area contributed by atoms with Crippen molar-refractivity contribution in [2.24, 2.45) is 0 Å². The molecule has 0 bridgehead atoms. The molecule has 0 amide bonds. The van der Waals surface area contributed by atoms with Gasteiger partial charge in [0.05, 0.1) is 0 Å². The Morgan fingerprint density at radius 3 is 2.85 bits per heavy atom. The molecule has 1 aliphatic heterocycles. The molecular formula is C10H13IN2. The quantitative estimate of drug-likeness (QED) is 0.565. The van der Waals surface area contributed by atoms with Gasteiger partial charge in [0.2, 0.25) is 0 Å². The summed E-state index contributed by atoms with van der Waals surface area (Å²) in [5, 5.41) is 2.33. The molecule has 0 radical (unpaired) electrons. The first-order valence-electron chi connectivity index (χ1n) is 4.17. The summed E-state index contributed by atoms with van der Waals surface area (Å²) in [6.45, 7) is 4.16. The van der Waals surface area contributed by atoms with Crippen LogP contribution in [0.4, 0.5) is 0 Å². The van der Waals surface area contributed by atoms with Crippen LogP contribution >= 0.6 is 19.8 Å². The van der Waals surface area contributed by atoms with Gasteiger partial charge < -0.3 is 0 Å². The number of nitrogens with zero attached hydrogens (tertiary/aromatic N) is 1. The zero-order valence-electron chi connectivity index (χ0n) is 8.06. The molecule has 0 spiro atoms. The minimum atomic E-state index is -0.988. The third-order valence-corrected chi connectivity index (χ3v) is 5.41. The molecule has 1 aromatic heterocycles. The fourth-order valence-electron chi connectivity index (χ4n) is 1.45. The molecule has 0 fully saturated rings. The molecule has 0 unspecified atom stereocenters. The molecule has 1 aromatic rings. The summed E-state index contributed by atoms with van der Waals surface area (Å²) < 4.78 is 4.74. The summed E-state index contributed by atoms with van der Waals surface area (Å²) in [6, 6.07) is 0. The molecule has 70 valence electrons. The van der Waals surface area contributed by atoms with E-state index in [-0.39, 0.29) is 0 Å². The molecule has 0 aliphatic carbocycles. The van der Waals surface area contributed by atoms with Gasteiger partial charge in [-0.25, -0.2) is 0 Å². The molecule has 2 nitrogen and oxygen atoms in total. The summed E-state index contributed by atoms with van der Waals surface area (Å²) in [4.78, 5) is 10.1. The molecule has 1 aliphatic rings. The van der Waals surface area contributed by atoms with Crippen LogP contribution < -0.4 is 10.7 Å². The number of halogens is 1. The summed E-state index contributed by atoms with van der Waals surface area (Å²) in [5.41, 5.74) is 1.37. The van der Waals surface area contributed by atoms with Crippen molar-refractivity contribution in [3.05, 3.63) is 26.2 Å². The van der Waals surface area contributed by atoms with Crippen LogP contribution in [0.3, 0.4) is 0 Å². The Hall–Kier alpha value is -0.580. The molecule has 2 rings (SSSR count). The van der Waals surface area contributed by atoms with E-state index in [1.807, 2.05) is 6.92 Å². The number of nitrogens with one attached hydrogen (secondary N) is 1. The number of aromatic nitrogens is 2. The van der Waals surface area contributed by atoms with Crippen molar-refractivity contribution in [1.29, 1.82) is 0 Å². The van der Waals surface area contributed by atoms with Gasteiger partial charge in [0.1, 0.15) is 0 Å². The molecule has 0 saturated carbocycles. The number of aryl methyl sites for hydroxylation is 1. The number of hydrogen-bond acceptors (Lipinski definition) is 1. The number of allylic oxidation sites excluding steroid dienone is 1. The standard InChI is InChI=1S/C10H13IN2/c1-7-4-9-10(6-11(3)5-7)13-8(2)12-9/h4-6H,1-3H3,(H,12,13). The Morgan fingerprint density at radius 2 is 2.08 bits per heavy atom. The van der Waals surface area contributed by atoms with E-state index in [0.29, 0.717) is 0 Å². The Morgan fingerprint density at radius 1 is 1.31 bits per heavy atom. The van der Waals surface area contributed by atoms with Gasteiger partial charge in [-0.1, -0.05) is 0 Å². The van der Waals surface area contributed by atoms with Crippen LogP contribution in [0.15, 0.2) is 9.66 Å². The van der Waals surface area contributed by atoms with Crippen LogP contribution in [0.25, 0.3) is 10.2 Å². The zero-order chi connectivity index (χ0) is 9.42. The number of hydrogen-bond donors (Lipinski definition) is 1. The van der Waals surface area contributed by atoms with Crippen molar-refractivity contribution in [3.63, 3.8) is 0 Å². The van der Waals surface area contributed by atoms with Gasteiger partial charge in [0.25, 0.3) is 0 Å². The van der Waals surface area contributed by atoms with E-state index in [1.54, 1.807) is 0 Å². The Bertz CT molecular complexity index is 468. The third kappa shape index (κ3) is 1.85. The molecule has 1 N–H and O–H groups in total. The van der Waals surface area contributed by atoms with Gasteiger partial charge >= 0.3 is 84.9 Å². The van der Waals surface area contributed by atoms with Crippen molar-refractivity contribution in [1.82, 2.24) is 9.97 Å². The van der Waals surface area contributed by atoms with E-state index in [4.69, 9.17) is 0 Å². The van der Waals surface area contributed by atoms with E-state index in [2.05, 4.69) is 36.1 Å². The Labute approximate surface area is 84.8 Å². The van der Waals surface area contributed by atoms with E-state index >= 15 is 0 Å². The average molecular weight is 288 g/mol. The number of fused-ring (bicyclic) bond motifs is 1. The number of alkyl halides is 1. The summed E-state index contributed by atoms with van der Waals surface area (Å²) in [6.07, 6.45) is 2.19. The van der Waals surface area contributed by atoms with Gasteiger partial charge in [-0.05, 0) is 0 Å². The van der Waals surface area contributed by atoms with E-state index < -0.39 is 19.8 Å². The van der Waals surface area contributed by atoms with Crippen LogP contribution in [-0.2, 0) is 0 Å². The van der Waals surface area contributed by atoms with E-state index in [0.717, 1.165) is 11.2 Å². The normalized spacial score (nSPS) is 18.1. The van der Waals surface area contributed by atoms with Gasteiger partial charge in [-0.2, -0.15) is 0 Å². The molecule has 0 aromatic carbocycles. The summed E-state index contributed by atoms with van der Waals surface area (Å²) in [7, 11) is 0. The molecule has 0 saturated heterocycles. The predicted molar refractivity (Wildman–Crippen MR) is 65.2 cm³/mol. The minimum absolute atomic E-state index is 0.988. The maximum atomic E-state index is 4.46. The first-order valence-corrected chi connectivity index (χ1v) is 8.82. The number of H-pyrrole nitrogens is 1. The number of imidazole rings is 1. The maximum absolute atomic E-state index is 4.46. The number of rotatable bonds is 0. The second-order valence-corrected chi connectivity index (χ2v) is 7.75. The topological polar surface area (TPSA) is 28.7 Å². The van der Waals surface area contributed by atoms with Gasteiger partial charge in [-0.3, -0.25) is 0 Å². The SMILES string of the molecule is CC1=CI(C)C=c2nc(C)[nH]c2=C1. The third-order valence-electron chi connectivity index (χ3n) is 1.87. The van der Waals surface area contributed by atoms with Crippen molar-refractivity contribution in [2.45, 2.75) is 13.8 Å². The van der Waals surface area contributed by atoms with Gasteiger partial charge in [0, 0.05) is 0 Å². The molecule has 0 atom stereocenters. The molecular weight excluding hydrogens is 275 g/mol. The van der Waals surface area contributed by atoms with Crippen molar-refractivity contribution in [3.8, 4) is 0 Å². The molecule has 3 heteroatoms. The van der Waals surface area contributed by atoms with E-state index in [1.165, 1.54) is 10.9 Å². The summed E-state index contributed by atoms with van der Waals surface area (Å²) in [5.74, 6) is 1.01.